The standard InChI is InChI=1S/C21H24ClN3OS/c1-15-10-12-25(13-11-15)19-5-3-2-4-18(19)23-21(27)24-20(26)14-16-6-8-17(22)9-7-16/h2-9,15H,10-14H2,1H3,(H2,23,24,26,27). The third-order valence-corrected chi connectivity index (χ3v) is 5.26. The lowest BCUT2D eigenvalue weighted by molar-refractivity contribution is -0.119. The molecule has 3 rings (SSSR count). The molecule has 1 amide bonds. The van der Waals surface area contributed by atoms with E-state index in [0.717, 1.165) is 35.9 Å². The van der Waals surface area contributed by atoms with Crippen molar-refractivity contribution in [2.24, 2.45) is 5.92 Å². The van der Waals surface area contributed by atoms with Crippen LogP contribution in [-0.2, 0) is 11.2 Å². The molecule has 0 unspecified atom stereocenters. The van der Waals surface area contributed by atoms with E-state index in [1.165, 1.54) is 12.8 Å². The van der Waals surface area contributed by atoms with Crippen molar-refractivity contribution < 1.29 is 4.79 Å². The molecule has 2 aromatic rings. The van der Waals surface area contributed by atoms with E-state index in [1.807, 2.05) is 30.3 Å². The highest BCUT2D eigenvalue weighted by molar-refractivity contribution is 7.80. The molecule has 2 N–H and O–H groups in total. The minimum absolute atomic E-state index is 0.154. The monoisotopic (exact) mass is 401 g/mol. The third-order valence-electron chi connectivity index (χ3n) is 4.81. The van der Waals surface area contributed by atoms with Gasteiger partial charge in [0.2, 0.25) is 5.91 Å². The molecular formula is C21H24ClN3OS. The van der Waals surface area contributed by atoms with Crippen LogP contribution in [0.3, 0.4) is 0 Å². The molecule has 1 aliphatic rings. The van der Waals surface area contributed by atoms with Gasteiger partial charge >= 0.3 is 0 Å². The van der Waals surface area contributed by atoms with Crippen molar-refractivity contribution in [1.29, 1.82) is 0 Å². The Hall–Kier alpha value is -2.11. The molecular weight excluding hydrogens is 378 g/mol. The number of amides is 1. The smallest absolute Gasteiger partial charge is 0.230 e. The Labute approximate surface area is 170 Å². The highest BCUT2D eigenvalue weighted by Gasteiger charge is 2.18. The van der Waals surface area contributed by atoms with Gasteiger partial charge in [-0.2, -0.15) is 0 Å². The second kappa shape index (κ2) is 9.20. The van der Waals surface area contributed by atoms with Crippen molar-refractivity contribution in [2.75, 3.05) is 23.3 Å². The van der Waals surface area contributed by atoms with E-state index >= 15 is 0 Å². The largest absolute Gasteiger partial charge is 0.370 e. The van der Waals surface area contributed by atoms with Gasteiger partial charge in [-0.1, -0.05) is 42.8 Å². The van der Waals surface area contributed by atoms with Crippen LogP contribution in [-0.4, -0.2) is 24.1 Å². The molecule has 142 valence electrons. The Morgan fingerprint density at radius 1 is 1.15 bits per heavy atom. The van der Waals surface area contributed by atoms with Gasteiger partial charge in [-0.3, -0.25) is 4.79 Å². The van der Waals surface area contributed by atoms with Crippen molar-refractivity contribution in [3.8, 4) is 0 Å². The SMILES string of the molecule is CC1CCN(c2ccccc2NC(=S)NC(=O)Cc2ccc(Cl)cc2)CC1. The van der Waals surface area contributed by atoms with Gasteiger partial charge in [0.15, 0.2) is 5.11 Å². The first-order chi connectivity index (χ1) is 13.0. The number of thiocarbonyl (C=S) groups is 1. The second-order valence-electron chi connectivity index (χ2n) is 6.99. The van der Waals surface area contributed by atoms with E-state index in [9.17, 15) is 4.79 Å². The topological polar surface area (TPSA) is 44.4 Å². The molecule has 2 aromatic carbocycles. The number of nitrogens with zero attached hydrogens (tertiary/aromatic N) is 1. The number of hydrogen-bond donors (Lipinski definition) is 2. The van der Waals surface area contributed by atoms with Gasteiger partial charge in [0.1, 0.15) is 0 Å². The summed E-state index contributed by atoms with van der Waals surface area (Å²) in [5, 5.41) is 6.90. The fraction of sp³-hybridized carbons (Fsp3) is 0.333. The van der Waals surface area contributed by atoms with E-state index in [1.54, 1.807) is 12.1 Å². The number of halogens is 1. The lowest BCUT2D eigenvalue weighted by Gasteiger charge is -2.33. The third kappa shape index (κ3) is 5.68. The molecule has 0 radical (unpaired) electrons. The zero-order valence-electron chi connectivity index (χ0n) is 15.4. The van der Waals surface area contributed by atoms with Crippen LogP contribution in [0, 0.1) is 5.92 Å². The molecule has 0 bridgehead atoms. The maximum absolute atomic E-state index is 12.2. The number of hydrogen-bond acceptors (Lipinski definition) is 3. The summed E-state index contributed by atoms with van der Waals surface area (Å²) in [6.07, 6.45) is 2.64. The van der Waals surface area contributed by atoms with E-state index < -0.39 is 0 Å². The van der Waals surface area contributed by atoms with Crippen LogP contribution in [0.5, 0.6) is 0 Å². The van der Waals surface area contributed by atoms with E-state index in [-0.39, 0.29) is 12.3 Å². The van der Waals surface area contributed by atoms with Crippen LogP contribution in [0.25, 0.3) is 0 Å². The number of benzene rings is 2. The molecule has 0 aliphatic carbocycles. The maximum atomic E-state index is 12.2. The molecule has 0 saturated carbocycles. The van der Waals surface area contributed by atoms with Gasteiger partial charge in [-0.15, -0.1) is 0 Å². The van der Waals surface area contributed by atoms with Gasteiger partial charge in [0.05, 0.1) is 17.8 Å². The summed E-state index contributed by atoms with van der Waals surface area (Å²) < 4.78 is 0. The Bertz CT molecular complexity index is 801. The zero-order valence-corrected chi connectivity index (χ0v) is 16.9. The van der Waals surface area contributed by atoms with E-state index in [0.29, 0.717) is 10.1 Å². The molecule has 1 aliphatic heterocycles. The Kier molecular flexibility index (Phi) is 6.69. The van der Waals surface area contributed by atoms with Crippen LogP contribution in [0.15, 0.2) is 48.5 Å². The number of rotatable bonds is 4. The molecule has 4 nitrogen and oxygen atoms in total. The molecule has 1 saturated heterocycles. The van der Waals surface area contributed by atoms with Crippen LogP contribution in [0.1, 0.15) is 25.3 Å². The van der Waals surface area contributed by atoms with Crippen LogP contribution < -0.4 is 15.5 Å². The van der Waals surface area contributed by atoms with E-state index in [2.05, 4.69) is 28.5 Å². The van der Waals surface area contributed by atoms with E-state index in [4.69, 9.17) is 23.8 Å². The first kappa shape index (κ1) is 19.6. The Morgan fingerprint density at radius 3 is 2.52 bits per heavy atom. The number of piperidine rings is 1. The summed E-state index contributed by atoms with van der Waals surface area (Å²) in [4.78, 5) is 14.6. The molecule has 1 heterocycles. The first-order valence-electron chi connectivity index (χ1n) is 9.20. The number of carbonyl (C=O) groups is 1. The lowest BCUT2D eigenvalue weighted by Crippen LogP contribution is -2.37. The molecule has 0 aromatic heterocycles. The van der Waals surface area contributed by atoms with Crippen molar-refractivity contribution in [2.45, 2.75) is 26.2 Å². The lowest BCUT2D eigenvalue weighted by atomic mass is 9.98. The fourth-order valence-corrected chi connectivity index (χ4v) is 3.57. The number of anilines is 2. The van der Waals surface area contributed by atoms with Crippen molar-refractivity contribution in [3.63, 3.8) is 0 Å². The van der Waals surface area contributed by atoms with Gasteiger partial charge in [-0.05, 0) is 60.8 Å². The van der Waals surface area contributed by atoms with Gasteiger partial charge in [0, 0.05) is 18.1 Å². The number of nitrogens with one attached hydrogen (secondary N) is 2. The molecule has 0 spiro atoms. The predicted molar refractivity (Wildman–Crippen MR) is 117 cm³/mol. The Morgan fingerprint density at radius 2 is 1.81 bits per heavy atom. The average molecular weight is 402 g/mol. The summed E-state index contributed by atoms with van der Waals surface area (Å²) >= 11 is 11.2. The van der Waals surface area contributed by atoms with Crippen molar-refractivity contribution >= 4 is 46.2 Å². The summed E-state index contributed by atoms with van der Waals surface area (Å²) in [5.41, 5.74) is 2.94. The van der Waals surface area contributed by atoms with Gasteiger partial charge in [-0.25, -0.2) is 0 Å². The maximum Gasteiger partial charge on any atom is 0.230 e. The summed E-state index contributed by atoms with van der Waals surface area (Å²) in [6.45, 7) is 4.37. The highest BCUT2D eigenvalue weighted by Crippen LogP contribution is 2.29. The predicted octanol–water partition coefficient (Wildman–Crippen LogP) is 4.63. The first-order valence-corrected chi connectivity index (χ1v) is 9.99. The highest BCUT2D eigenvalue weighted by atomic mass is 35.5. The van der Waals surface area contributed by atoms with Crippen LogP contribution >= 0.6 is 23.8 Å². The van der Waals surface area contributed by atoms with Gasteiger partial charge in [0.25, 0.3) is 0 Å². The summed E-state index contributed by atoms with van der Waals surface area (Å²) in [7, 11) is 0. The Balaban J connectivity index is 1.59. The normalized spacial score (nSPS) is 14.7. The molecule has 6 heteroatoms. The average Bonchev–Trinajstić information content (AvgIpc) is 2.65. The van der Waals surface area contributed by atoms with Crippen molar-refractivity contribution in [3.05, 3.63) is 59.1 Å². The van der Waals surface area contributed by atoms with Crippen LogP contribution in [0.4, 0.5) is 11.4 Å². The second-order valence-corrected chi connectivity index (χ2v) is 7.84. The molecule has 1 fully saturated rings. The number of carbonyl (C=O) groups excluding carboxylic acids is 1. The van der Waals surface area contributed by atoms with Crippen molar-refractivity contribution in [1.82, 2.24) is 5.32 Å². The quantitative estimate of drug-likeness (QED) is 0.733. The number of para-hydroxylation sites is 2. The minimum atomic E-state index is -0.154. The molecule has 27 heavy (non-hydrogen) atoms. The zero-order chi connectivity index (χ0) is 19.2. The summed E-state index contributed by atoms with van der Waals surface area (Å²) in [5.74, 6) is 0.619. The molecule has 0 atom stereocenters. The van der Waals surface area contributed by atoms with Gasteiger partial charge < -0.3 is 15.5 Å². The van der Waals surface area contributed by atoms with Crippen LogP contribution in [0.2, 0.25) is 5.02 Å². The fourth-order valence-electron chi connectivity index (χ4n) is 3.22. The summed E-state index contributed by atoms with van der Waals surface area (Å²) in [6, 6.07) is 15.3. The minimum Gasteiger partial charge on any atom is -0.370 e.